The van der Waals surface area contributed by atoms with Gasteiger partial charge in [0.05, 0.1) is 6.10 Å². The van der Waals surface area contributed by atoms with Crippen LogP contribution in [0.25, 0.3) is 11.2 Å². The molecule has 4 heteroatoms. The van der Waals surface area contributed by atoms with Gasteiger partial charge in [0.2, 0.25) is 0 Å². The molecule has 2 rings (SSSR count). The topological polar surface area (TPSA) is 58.9 Å². The second kappa shape index (κ2) is 4.31. The van der Waals surface area contributed by atoms with E-state index in [-0.39, 0.29) is 6.10 Å². The summed E-state index contributed by atoms with van der Waals surface area (Å²) in [7, 11) is 0. The zero-order valence-electron chi connectivity index (χ0n) is 8.59. The van der Waals surface area contributed by atoms with E-state index in [1.807, 2.05) is 19.1 Å². The lowest BCUT2D eigenvalue weighted by atomic mass is 10.1. The van der Waals surface area contributed by atoms with Gasteiger partial charge in [-0.05, 0) is 18.6 Å². The predicted octanol–water partition coefficient (Wildman–Crippen LogP) is 1.34. The van der Waals surface area contributed by atoms with Crippen molar-refractivity contribution in [3.63, 3.8) is 0 Å². The highest BCUT2D eigenvalue weighted by Gasteiger charge is 2.05. The van der Waals surface area contributed by atoms with Crippen LogP contribution in [0.4, 0.5) is 0 Å². The summed E-state index contributed by atoms with van der Waals surface area (Å²) in [6, 6.07) is 3.77. The van der Waals surface area contributed by atoms with Crippen molar-refractivity contribution < 1.29 is 5.11 Å². The Morgan fingerprint density at radius 2 is 2.07 bits per heavy atom. The Hall–Kier alpha value is -1.55. The monoisotopic (exact) mass is 203 g/mol. The Morgan fingerprint density at radius 1 is 1.27 bits per heavy atom. The van der Waals surface area contributed by atoms with Crippen molar-refractivity contribution >= 4 is 11.2 Å². The van der Waals surface area contributed by atoms with E-state index in [4.69, 9.17) is 0 Å². The first-order valence-electron chi connectivity index (χ1n) is 5.04. The maximum Gasteiger partial charge on any atom is 0.178 e. The molecule has 0 fully saturated rings. The summed E-state index contributed by atoms with van der Waals surface area (Å²) in [4.78, 5) is 12.6. The zero-order valence-corrected chi connectivity index (χ0v) is 8.59. The van der Waals surface area contributed by atoms with Gasteiger partial charge in [-0.3, -0.25) is 4.98 Å². The smallest absolute Gasteiger partial charge is 0.178 e. The normalized spacial score (nSPS) is 12.9. The lowest BCUT2D eigenvalue weighted by molar-refractivity contribution is 0.169. The summed E-state index contributed by atoms with van der Waals surface area (Å²) in [5, 5.41) is 9.51. The molecule has 2 heterocycles. The van der Waals surface area contributed by atoms with Gasteiger partial charge in [-0.25, -0.2) is 9.97 Å². The number of nitrogens with zero attached hydrogens (tertiary/aromatic N) is 3. The van der Waals surface area contributed by atoms with E-state index < -0.39 is 0 Å². The largest absolute Gasteiger partial charge is 0.393 e. The molecule has 0 aromatic carbocycles. The Morgan fingerprint density at radius 3 is 2.87 bits per heavy atom. The van der Waals surface area contributed by atoms with Crippen LogP contribution < -0.4 is 0 Å². The minimum absolute atomic E-state index is 0.327. The molecule has 2 aromatic heterocycles. The van der Waals surface area contributed by atoms with Crippen LogP contribution in [0.1, 0.15) is 19.0 Å². The molecule has 0 saturated carbocycles. The van der Waals surface area contributed by atoms with Gasteiger partial charge in [0, 0.05) is 24.5 Å². The average Bonchev–Trinajstić information content (AvgIpc) is 2.29. The fraction of sp³-hybridized carbons (Fsp3) is 0.364. The summed E-state index contributed by atoms with van der Waals surface area (Å²) in [6.07, 6.45) is 4.25. The zero-order chi connectivity index (χ0) is 10.7. The molecule has 1 atom stereocenters. The van der Waals surface area contributed by atoms with Crippen LogP contribution in [0.2, 0.25) is 0 Å². The number of pyridine rings is 1. The van der Waals surface area contributed by atoms with E-state index in [1.165, 1.54) is 0 Å². The number of fused-ring (bicyclic) bond motifs is 1. The number of aliphatic hydroxyl groups excluding tert-OH is 1. The molecule has 0 aliphatic heterocycles. The summed E-state index contributed by atoms with van der Waals surface area (Å²) in [5.74, 6) is 0. The molecule has 1 unspecified atom stereocenters. The quantitative estimate of drug-likeness (QED) is 0.817. The van der Waals surface area contributed by atoms with Crippen LogP contribution in [0.15, 0.2) is 24.5 Å². The third-order valence-corrected chi connectivity index (χ3v) is 2.31. The molecular formula is C11H13N3O. The third kappa shape index (κ3) is 2.27. The maximum atomic E-state index is 9.51. The highest BCUT2D eigenvalue weighted by atomic mass is 16.3. The number of aliphatic hydroxyl groups is 1. The van der Waals surface area contributed by atoms with Crippen molar-refractivity contribution in [3.8, 4) is 0 Å². The lowest BCUT2D eigenvalue weighted by Crippen LogP contribution is -2.09. The average molecular weight is 203 g/mol. The summed E-state index contributed by atoms with van der Waals surface area (Å²) in [5.41, 5.74) is 2.28. The van der Waals surface area contributed by atoms with E-state index in [0.29, 0.717) is 12.1 Å². The fourth-order valence-electron chi connectivity index (χ4n) is 1.39. The number of hydrogen-bond acceptors (Lipinski definition) is 4. The van der Waals surface area contributed by atoms with E-state index in [9.17, 15) is 5.11 Å². The van der Waals surface area contributed by atoms with Gasteiger partial charge in [0.15, 0.2) is 5.65 Å². The molecule has 0 aliphatic carbocycles. The summed E-state index contributed by atoms with van der Waals surface area (Å²) >= 11 is 0. The molecule has 0 aliphatic rings. The Kier molecular flexibility index (Phi) is 2.87. The molecule has 1 N–H and O–H groups in total. The van der Waals surface area contributed by atoms with Crippen LogP contribution in [0.3, 0.4) is 0 Å². The molecule has 0 saturated heterocycles. The number of hydrogen-bond donors (Lipinski definition) is 1. The SMILES string of the molecule is CCC(O)Cc1ccc2nccnc2n1. The van der Waals surface area contributed by atoms with Crippen LogP contribution in [0.5, 0.6) is 0 Å². The van der Waals surface area contributed by atoms with Crippen LogP contribution in [0, 0.1) is 0 Å². The van der Waals surface area contributed by atoms with Gasteiger partial charge >= 0.3 is 0 Å². The van der Waals surface area contributed by atoms with Gasteiger partial charge in [-0.15, -0.1) is 0 Å². The van der Waals surface area contributed by atoms with Gasteiger partial charge < -0.3 is 5.11 Å². The van der Waals surface area contributed by atoms with E-state index in [2.05, 4.69) is 15.0 Å². The minimum Gasteiger partial charge on any atom is -0.393 e. The molecule has 0 spiro atoms. The summed E-state index contributed by atoms with van der Waals surface area (Å²) < 4.78 is 0. The lowest BCUT2D eigenvalue weighted by Gasteiger charge is -2.06. The predicted molar refractivity (Wildman–Crippen MR) is 57.3 cm³/mol. The maximum absolute atomic E-state index is 9.51. The van der Waals surface area contributed by atoms with Crippen LogP contribution >= 0.6 is 0 Å². The number of aromatic nitrogens is 3. The first kappa shape index (κ1) is 9.98. The molecule has 0 amide bonds. The second-order valence-corrected chi connectivity index (χ2v) is 3.47. The Labute approximate surface area is 88.0 Å². The van der Waals surface area contributed by atoms with Crippen molar-refractivity contribution in [1.82, 2.24) is 15.0 Å². The molecule has 4 nitrogen and oxygen atoms in total. The highest BCUT2D eigenvalue weighted by Crippen LogP contribution is 2.08. The van der Waals surface area contributed by atoms with Crippen molar-refractivity contribution in [1.29, 1.82) is 0 Å². The molecular weight excluding hydrogens is 190 g/mol. The van der Waals surface area contributed by atoms with Crippen molar-refractivity contribution in [2.45, 2.75) is 25.9 Å². The minimum atomic E-state index is -0.327. The van der Waals surface area contributed by atoms with Gasteiger partial charge in [0.25, 0.3) is 0 Å². The molecule has 15 heavy (non-hydrogen) atoms. The van der Waals surface area contributed by atoms with Gasteiger partial charge in [-0.2, -0.15) is 0 Å². The number of rotatable bonds is 3. The molecule has 2 aromatic rings. The van der Waals surface area contributed by atoms with Gasteiger partial charge in [0.1, 0.15) is 5.52 Å². The van der Waals surface area contributed by atoms with Crippen molar-refractivity contribution in [2.75, 3.05) is 0 Å². The van der Waals surface area contributed by atoms with E-state index >= 15 is 0 Å². The third-order valence-electron chi connectivity index (χ3n) is 2.31. The molecule has 78 valence electrons. The van der Waals surface area contributed by atoms with Crippen molar-refractivity contribution in [2.24, 2.45) is 0 Å². The molecule has 0 radical (unpaired) electrons. The first-order chi connectivity index (χ1) is 7.29. The van der Waals surface area contributed by atoms with Crippen LogP contribution in [-0.2, 0) is 6.42 Å². The standard InChI is InChI=1S/C11H13N3O/c1-2-9(15)7-8-3-4-10-11(14-8)13-6-5-12-10/h3-6,9,15H,2,7H2,1H3. The second-order valence-electron chi connectivity index (χ2n) is 3.47. The van der Waals surface area contributed by atoms with Crippen molar-refractivity contribution in [3.05, 3.63) is 30.2 Å². The van der Waals surface area contributed by atoms with E-state index in [1.54, 1.807) is 12.4 Å². The van der Waals surface area contributed by atoms with Crippen LogP contribution in [-0.4, -0.2) is 26.2 Å². The highest BCUT2D eigenvalue weighted by molar-refractivity contribution is 5.68. The van der Waals surface area contributed by atoms with E-state index in [0.717, 1.165) is 17.6 Å². The fourth-order valence-corrected chi connectivity index (χ4v) is 1.39. The Bertz CT molecular complexity index is 458. The summed E-state index contributed by atoms with van der Waals surface area (Å²) in [6.45, 7) is 1.95. The van der Waals surface area contributed by atoms with Gasteiger partial charge in [-0.1, -0.05) is 6.92 Å². The first-order valence-corrected chi connectivity index (χ1v) is 5.04. The Balaban J connectivity index is 2.30. The molecule has 0 bridgehead atoms.